The molecule has 104 valence electrons. The molecule has 0 aliphatic rings. The van der Waals surface area contributed by atoms with E-state index in [1.807, 2.05) is 0 Å². The standard InChI is InChI=1S/C12H14N6OS/c13-7-3-1-2-4-8(7)16-11(19)6-20-12-17-9(14)5-10(15)18-12/h1-5H,6,13H2,(H,16,19)(H4,14,15,17,18). The molecule has 0 radical (unpaired) electrons. The van der Waals surface area contributed by atoms with Crippen LogP contribution in [0, 0.1) is 0 Å². The van der Waals surface area contributed by atoms with Crippen molar-refractivity contribution in [3.8, 4) is 0 Å². The highest BCUT2D eigenvalue weighted by atomic mass is 32.2. The van der Waals surface area contributed by atoms with E-state index in [1.165, 1.54) is 6.07 Å². The zero-order valence-corrected chi connectivity index (χ0v) is 11.4. The Morgan fingerprint density at radius 2 is 1.80 bits per heavy atom. The number of anilines is 4. The van der Waals surface area contributed by atoms with Crippen molar-refractivity contribution in [3.63, 3.8) is 0 Å². The summed E-state index contributed by atoms with van der Waals surface area (Å²) < 4.78 is 0. The number of para-hydroxylation sites is 2. The van der Waals surface area contributed by atoms with Crippen molar-refractivity contribution in [2.24, 2.45) is 0 Å². The smallest absolute Gasteiger partial charge is 0.234 e. The van der Waals surface area contributed by atoms with E-state index in [2.05, 4.69) is 15.3 Å². The van der Waals surface area contributed by atoms with Crippen molar-refractivity contribution in [2.45, 2.75) is 5.16 Å². The number of aromatic nitrogens is 2. The highest BCUT2D eigenvalue weighted by molar-refractivity contribution is 7.99. The Kier molecular flexibility index (Phi) is 4.26. The molecule has 0 atom stereocenters. The number of carbonyl (C=O) groups excluding carboxylic acids is 1. The average molecular weight is 290 g/mol. The summed E-state index contributed by atoms with van der Waals surface area (Å²) in [5.41, 5.74) is 17.9. The van der Waals surface area contributed by atoms with Crippen LogP contribution in [0.1, 0.15) is 0 Å². The van der Waals surface area contributed by atoms with E-state index in [0.717, 1.165) is 11.8 Å². The van der Waals surface area contributed by atoms with Crippen LogP contribution in [-0.2, 0) is 4.79 Å². The number of amides is 1. The van der Waals surface area contributed by atoms with E-state index in [0.29, 0.717) is 16.5 Å². The van der Waals surface area contributed by atoms with Gasteiger partial charge in [-0.3, -0.25) is 4.79 Å². The Bertz CT molecular complexity index is 613. The SMILES string of the molecule is Nc1cc(N)nc(SCC(=O)Nc2ccccc2N)n1. The van der Waals surface area contributed by atoms with Gasteiger partial charge in [-0.2, -0.15) is 0 Å². The topological polar surface area (TPSA) is 133 Å². The lowest BCUT2D eigenvalue weighted by Crippen LogP contribution is -2.15. The number of nitrogens with zero attached hydrogens (tertiary/aromatic N) is 2. The fourth-order valence-corrected chi connectivity index (χ4v) is 2.13. The van der Waals surface area contributed by atoms with Crippen LogP contribution in [-0.4, -0.2) is 21.6 Å². The minimum absolute atomic E-state index is 0.136. The number of benzene rings is 1. The molecule has 0 bridgehead atoms. The second-order valence-electron chi connectivity index (χ2n) is 3.92. The van der Waals surface area contributed by atoms with Gasteiger partial charge in [-0.15, -0.1) is 0 Å². The molecule has 0 aliphatic carbocycles. The monoisotopic (exact) mass is 290 g/mol. The van der Waals surface area contributed by atoms with E-state index in [1.54, 1.807) is 24.3 Å². The Balaban J connectivity index is 1.94. The third-order valence-corrected chi connectivity index (χ3v) is 3.16. The minimum Gasteiger partial charge on any atom is -0.397 e. The summed E-state index contributed by atoms with van der Waals surface area (Å²) in [6.07, 6.45) is 0. The van der Waals surface area contributed by atoms with Gasteiger partial charge in [0.1, 0.15) is 11.6 Å². The normalized spacial score (nSPS) is 10.2. The summed E-state index contributed by atoms with van der Waals surface area (Å²) in [5.74, 6) is 0.468. The number of rotatable bonds is 4. The Morgan fingerprint density at radius 3 is 2.45 bits per heavy atom. The van der Waals surface area contributed by atoms with Crippen LogP contribution in [0.15, 0.2) is 35.5 Å². The summed E-state index contributed by atoms with van der Waals surface area (Å²) >= 11 is 1.15. The lowest BCUT2D eigenvalue weighted by molar-refractivity contribution is -0.113. The number of nitrogens with one attached hydrogen (secondary N) is 1. The second kappa shape index (κ2) is 6.11. The van der Waals surface area contributed by atoms with Gasteiger partial charge in [0.15, 0.2) is 5.16 Å². The molecule has 20 heavy (non-hydrogen) atoms. The van der Waals surface area contributed by atoms with Gasteiger partial charge in [-0.05, 0) is 12.1 Å². The first-order chi connectivity index (χ1) is 9.54. The predicted molar refractivity (Wildman–Crippen MR) is 81.1 cm³/mol. The average Bonchev–Trinajstić information content (AvgIpc) is 2.38. The summed E-state index contributed by atoms with van der Waals surface area (Å²) in [6.45, 7) is 0. The van der Waals surface area contributed by atoms with Gasteiger partial charge in [0.05, 0.1) is 17.1 Å². The fraction of sp³-hybridized carbons (Fsp3) is 0.0833. The van der Waals surface area contributed by atoms with E-state index in [9.17, 15) is 4.79 Å². The number of thioether (sulfide) groups is 1. The molecule has 8 heteroatoms. The minimum atomic E-state index is -0.211. The number of hydrogen-bond donors (Lipinski definition) is 4. The van der Waals surface area contributed by atoms with E-state index in [4.69, 9.17) is 17.2 Å². The molecule has 7 nitrogen and oxygen atoms in total. The van der Waals surface area contributed by atoms with Gasteiger partial charge >= 0.3 is 0 Å². The number of hydrogen-bond acceptors (Lipinski definition) is 7. The maximum Gasteiger partial charge on any atom is 0.234 e. The molecule has 0 saturated carbocycles. The van der Waals surface area contributed by atoms with E-state index >= 15 is 0 Å². The molecule has 0 spiro atoms. The maximum absolute atomic E-state index is 11.8. The van der Waals surface area contributed by atoms with Gasteiger partial charge in [-0.25, -0.2) is 9.97 Å². The predicted octanol–water partition coefficient (Wildman–Crippen LogP) is 0.954. The van der Waals surface area contributed by atoms with Gasteiger partial charge in [0.25, 0.3) is 0 Å². The second-order valence-corrected chi connectivity index (χ2v) is 4.87. The third kappa shape index (κ3) is 3.75. The fourth-order valence-electron chi connectivity index (χ4n) is 1.45. The van der Waals surface area contributed by atoms with E-state index < -0.39 is 0 Å². The summed E-state index contributed by atoms with van der Waals surface area (Å²) in [7, 11) is 0. The lowest BCUT2D eigenvalue weighted by Gasteiger charge is -2.07. The Labute approximate surface area is 120 Å². The number of carbonyl (C=O) groups is 1. The van der Waals surface area contributed by atoms with Crippen molar-refractivity contribution in [2.75, 3.05) is 28.3 Å². The first kappa shape index (κ1) is 13.9. The highest BCUT2D eigenvalue weighted by Gasteiger charge is 2.08. The maximum atomic E-state index is 11.8. The molecule has 2 rings (SSSR count). The summed E-state index contributed by atoms with van der Waals surface area (Å²) in [4.78, 5) is 19.8. The van der Waals surface area contributed by atoms with Gasteiger partial charge in [0, 0.05) is 6.07 Å². The van der Waals surface area contributed by atoms with E-state index in [-0.39, 0.29) is 23.3 Å². The van der Waals surface area contributed by atoms with Crippen molar-refractivity contribution >= 4 is 40.7 Å². The van der Waals surface area contributed by atoms with Crippen molar-refractivity contribution in [1.29, 1.82) is 0 Å². The molecule has 0 fully saturated rings. The zero-order valence-electron chi connectivity index (χ0n) is 10.5. The summed E-state index contributed by atoms with van der Waals surface area (Å²) in [5, 5.41) is 3.07. The highest BCUT2D eigenvalue weighted by Crippen LogP contribution is 2.19. The van der Waals surface area contributed by atoms with Crippen LogP contribution in [0.5, 0.6) is 0 Å². The molecule has 0 aliphatic heterocycles. The van der Waals surface area contributed by atoms with Crippen LogP contribution in [0.3, 0.4) is 0 Å². The summed E-state index contributed by atoms with van der Waals surface area (Å²) in [6, 6.07) is 8.48. The van der Waals surface area contributed by atoms with Crippen LogP contribution < -0.4 is 22.5 Å². The molecule has 1 aromatic heterocycles. The molecule has 0 saturated heterocycles. The first-order valence-electron chi connectivity index (χ1n) is 5.72. The molecule has 0 unspecified atom stereocenters. The molecule has 7 N–H and O–H groups in total. The Morgan fingerprint density at radius 1 is 1.15 bits per heavy atom. The van der Waals surface area contributed by atoms with Gasteiger partial charge in [0.2, 0.25) is 5.91 Å². The van der Waals surface area contributed by atoms with Crippen LogP contribution in [0.4, 0.5) is 23.0 Å². The van der Waals surface area contributed by atoms with Crippen LogP contribution in [0.2, 0.25) is 0 Å². The molecule has 2 aromatic rings. The van der Waals surface area contributed by atoms with Crippen LogP contribution in [0.25, 0.3) is 0 Å². The number of nitrogens with two attached hydrogens (primary N) is 3. The quantitative estimate of drug-likeness (QED) is 0.374. The zero-order chi connectivity index (χ0) is 14.5. The Hall–Kier alpha value is -2.48. The van der Waals surface area contributed by atoms with Crippen molar-refractivity contribution < 1.29 is 4.79 Å². The van der Waals surface area contributed by atoms with Gasteiger partial charge < -0.3 is 22.5 Å². The molecule has 1 heterocycles. The molecular formula is C12H14N6OS. The largest absolute Gasteiger partial charge is 0.397 e. The first-order valence-corrected chi connectivity index (χ1v) is 6.70. The lowest BCUT2D eigenvalue weighted by atomic mass is 10.3. The van der Waals surface area contributed by atoms with Crippen molar-refractivity contribution in [1.82, 2.24) is 9.97 Å². The number of nitrogen functional groups attached to an aromatic ring is 3. The van der Waals surface area contributed by atoms with Gasteiger partial charge in [-0.1, -0.05) is 23.9 Å². The van der Waals surface area contributed by atoms with Crippen molar-refractivity contribution in [3.05, 3.63) is 30.3 Å². The molecule has 1 amide bonds. The molecular weight excluding hydrogens is 276 g/mol. The third-order valence-electron chi connectivity index (χ3n) is 2.31. The molecule has 1 aromatic carbocycles. The van der Waals surface area contributed by atoms with Crippen LogP contribution >= 0.6 is 11.8 Å².